The van der Waals surface area contributed by atoms with Crippen LogP contribution in [0.15, 0.2) is 30.3 Å². The summed E-state index contributed by atoms with van der Waals surface area (Å²) in [5.74, 6) is -0.408. The quantitative estimate of drug-likeness (QED) is 0.788. The molecule has 2 nitrogen and oxygen atoms in total. The zero-order valence-corrected chi connectivity index (χ0v) is 9.01. The van der Waals surface area contributed by atoms with E-state index in [1.807, 2.05) is 31.2 Å². The lowest BCUT2D eigenvalue weighted by molar-refractivity contribution is 0.1000. The molecule has 76 valence electrons. The third-order valence-electron chi connectivity index (χ3n) is 2.41. The van der Waals surface area contributed by atoms with E-state index in [2.05, 4.69) is 0 Å². The first-order valence-electron chi connectivity index (χ1n) is 4.57. The van der Waals surface area contributed by atoms with E-state index < -0.39 is 5.91 Å². The van der Waals surface area contributed by atoms with Crippen molar-refractivity contribution >= 4 is 28.3 Å². The van der Waals surface area contributed by atoms with E-state index in [1.165, 1.54) is 0 Å². The number of halogens is 1. The summed E-state index contributed by atoms with van der Waals surface area (Å²) < 4.78 is 0. The summed E-state index contributed by atoms with van der Waals surface area (Å²) in [4.78, 5) is 11.1. The Morgan fingerprint density at radius 1 is 1.20 bits per heavy atom. The number of fused-ring (bicyclic) bond motifs is 1. The Hall–Kier alpha value is -1.54. The van der Waals surface area contributed by atoms with E-state index in [1.54, 1.807) is 6.07 Å². The number of amides is 1. The predicted molar refractivity (Wildman–Crippen MR) is 62.2 cm³/mol. The molecule has 0 aliphatic carbocycles. The van der Waals surface area contributed by atoms with Crippen molar-refractivity contribution in [3.63, 3.8) is 0 Å². The molecule has 0 spiro atoms. The third kappa shape index (κ3) is 1.81. The zero-order chi connectivity index (χ0) is 11.0. The van der Waals surface area contributed by atoms with Crippen LogP contribution in [0.4, 0.5) is 0 Å². The van der Waals surface area contributed by atoms with Crippen LogP contribution in [-0.2, 0) is 0 Å². The molecule has 3 heteroatoms. The molecule has 2 aromatic rings. The number of hydrogen-bond donors (Lipinski definition) is 1. The van der Waals surface area contributed by atoms with Crippen LogP contribution in [0.3, 0.4) is 0 Å². The average molecular weight is 220 g/mol. The van der Waals surface area contributed by atoms with Gasteiger partial charge in [-0.15, -0.1) is 0 Å². The van der Waals surface area contributed by atoms with Crippen molar-refractivity contribution in [2.75, 3.05) is 0 Å². The van der Waals surface area contributed by atoms with Crippen LogP contribution in [0.5, 0.6) is 0 Å². The van der Waals surface area contributed by atoms with E-state index >= 15 is 0 Å². The molecule has 0 aliphatic heterocycles. The Kier molecular flexibility index (Phi) is 2.37. The minimum absolute atomic E-state index is 0.408. The lowest BCUT2D eigenvalue weighted by Crippen LogP contribution is -2.12. The van der Waals surface area contributed by atoms with Gasteiger partial charge in [0, 0.05) is 10.6 Å². The Balaban J connectivity index is 2.77. The zero-order valence-electron chi connectivity index (χ0n) is 8.25. The first-order valence-corrected chi connectivity index (χ1v) is 4.95. The molecule has 0 saturated heterocycles. The molecule has 0 fully saturated rings. The largest absolute Gasteiger partial charge is 0.366 e. The monoisotopic (exact) mass is 219 g/mol. The van der Waals surface area contributed by atoms with E-state index in [0.717, 1.165) is 16.3 Å². The lowest BCUT2D eigenvalue weighted by atomic mass is 10.0. The number of hydrogen-bond acceptors (Lipinski definition) is 1. The minimum atomic E-state index is -0.408. The fraction of sp³-hybridized carbons (Fsp3) is 0.0833. The molecule has 15 heavy (non-hydrogen) atoms. The van der Waals surface area contributed by atoms with Gasteiger partial charge < -0.3 is 5.73 Å². The molecule has 0 aromatic heterocycles. The molecule has 2 N–H and O–H groups in total. The predicted octanol–water partition coefficient (Wildman–Crippen LogP) is 2.90. The topological polar surface area (TPSA) is 43.1 Å². The highest BCUT2D eigenvalue weighted by atomic mass is 35.5. The van der Waals surface area contributed by atoms with Gasteiger partial charge in [0.2, 0.25) is 5.91 Å². The van der Waals surface area contributed by atoms with Gasteiger partial charge in [0.1, 0.15) is 0 Å². The van der Waals surface area contributed by atoms with Gasteiger partial charge in [-0.05, 0) is 41.5 Å². The van der Waals surface area contributed by atoms with Crippen molar-refractivity contribution in [2.45, 2.75) is 6.92 Å². The number of nitrogens with two attached hydrogens (primary N) is 1. The Morgan fingerprint density at radius 3 is 2.60 bits per heavy atom. The third-order valence-corrected chi connectivity index (χ3v) is 2.65. The van der Waals surface area contributed by atoms with Crippen molar-refractivity contribution in [1.82, 2.24) is 0 Å². The maximum absolute atomic E-state index is 11.1. The van der Waals surface area contributed by atoms with Gasteiger partial charge in [0.15, 0.2) is 0 Å². The first-order chi connectivity index (χ1) is 7.08. The molecular formula is C12H10ClNO. The van der Waals surface area contributed by atoms with Crippen LogP contribution in [0.2, 0.25) is 5.02 Å². The fourth-order valence-corrected chi connectivity index (χ4v) is 1.83. The summed E-state index contributed by atoms with van der Waals surface area (Å²) in [5.41, 5.74) is 6.70. The number of aryl methyl sites for hydroxylation is 1. The number of primary amides is 1. The normalized spacial score (nSPS) is 10.5. The number of carbonyl (C=O) groups excluding carboxylic acids is 1. The van der Waals surface area contributed by atoms with Crippen LogP contribution >= 0.6 is 11.6 Å². The Labute approximate surface area is 92.6 Å². The van der Waals surface area contributed by atoms with Crippen molar-refractivity contribution in [3.05, 3.63) is 46.5 Å². The molecule has 0 radical (unpaired) electrons. The van der Waals surface area contributed by atoms with Crippen LogP contribution in [0.1, 0.15) is 15.9 Å². The van der Waals surface area contributed by atoms with Crippen molar-refractivity contribution in [3.8, 4) is 0 Å². The molecule has 0 aliphatic rings. The van der Waals surface area contributed by atoms with Gasteiger partial charge in [-0.25, -0.2) is 0 Å². The van der Waals surface area contributed by atoms with Gasteiger partial charge in [-0.1, -0.05) is 23.7 Å². The molecule has 2 aromatic carbocycles. The summed E-state index contributed by atoms with van der Waals surface area (Å²) >= 11 is 5.87. The van der Waals surface area contributed by atoms with E-state index in [4.69, 9.17) is 17.3 Å². The second-order valence-corrected chi connectivity index (χ2v) is 3.96. The van der Waals surface area contributed by atoms with Crippen molar-refractivity contribution < 1.29 is 4.79 Å². The van der Waals surface area contributed by atoms with Crippen LogP contribution in [0.25, 0.3) is 10.8 Å². The summed E-state index contributed by atoms with van der Waals surface area (Å²) in [5, 5.41) is 2.64. The standard InChI is InChI=1S/C12H10ClNO/c1-7-4-8-2-3-10(13)5-9(8)6-11(7)12(14)15/h2-6H,1H3,(H2,14,15). The van der Waals surface area contributed by atoms with Crippen molar-refractivity contribution in [2.24, 2.45) is 5.73 Å². The Morgan fingerprint density at radius 2 is 1.93 bits per heavy atom. The van der Waals surface area contributed by atoms with Gasteiger partial charge >= 0.3 is 0 Å². The van der Waals surface area contributed by atoms with Gasteiger partial charge in [-0.2, -0.15) is 0 Å². The maximum Gasteiger partial charge on any atom is 0.248 e. The second-order valence-electron chi connectivity index (χ2n) is 3.52. The summed E-state index contributed by atoms with van der Waals surface area (Å²) in [6.45, 7) is 1.87. The summed E-state index contributed by atoms with van der Waals surface area (Å²) in [7, 11) is 0. The molecular weight excluding hydrogens is 210 g/mol. The van der Waals surface area contributed by atoms with Crippen LogP contribution < -0.4 is 5.73 Å². The summed E-state index contributed by atoms with van der Waals surface area (Å²) in [6, 6.07) is 9.29. The Bertz CT molecular complexity index is 549. The van der Waals surface area contributed by atoms with Crippen LogP contribution in [0, 0.1) is 6.92 Å². The maximum atomic E-state index is 11.1. The molecule has 0 atom stereocenters. The fourth-order valence-electron chi connectivity index (χ4n) is 1.65. The number of rotatable bonds is 1. The molecule has 0 saturated carbocycles. The van der Waals surface area contributed by atoms with Crippen molar-refractivity contribution in [1.29, 1.82) is 0 Å². The smallest absolute Gasteiger partial charge is 0.248 e. The van der Waals surface area contributed by atoms with Crippen LogP contribution in [-0.4, -0.2) is 5.91 Å². The second kappa shape index (κ2) is 3.55. The number of benzene rings is 2. The van der Waals surface area contributed by atoms with E-state index in [-0.39, 0.29) is 0 Å². The highest BCUT2D eigenvalue weighted by molar-refractivity contribution is 6.31. The number of carbonyl (C=O) groups is 1. The van der Waals surface area contributed by atoms with E-state index in [9.17, 15) is 4.79 Å². The van der Waals surface area contributed by atoms with E-state index in [0.29, 0.717) is 10.6 Å². The van der Waals surface area contributed by atoms with Gasteiger partial charge in [0.05, 0.1) is 0 Å². The first kappa shape index (κ1) is 9.99. The molecule has 0 bridgehead atoms. The lowest BCUT2D eigenvalue weighted by Gasteiger charge is -2.05. The molecule has 0 heterocycles. The SMILES string of the molecule is Cc1cc2ccc(Cl)cc2cc1C(N)=O. The van der Waals surface area contributed by atoms with Gasteiger partial charge in [-0.3, -0.25) is 4.79 Å². The average Bonchev–Trinajstić information content (AvgIpc) is 2.17. The van der Waals surface area contributed by atoms with Gasteiger partial charge in [0.25, 0.3) is 0 Å². The minimum Gasteiger partial charge on any atom is -0.366 e. The summed E-state index contributed by atoms with van der Waals surface area (Å²) in [6.07, 6.45) is 0. The highest BCUT2D eigenvalue weighted by Crippen LogP contribution is 2.22. The molecule has 0 unspecified atom stereocenters. The molecule has 2 rings (SSSR count). The molecule has 1 amide bonds. The highest BCUT2D eigenvalue weighted by Gasteiger charge is 2.06.